The van der Waals surface area contributed by atoms with Gasteiger partial charge in [0.15, 0.2) is 0 Å². The van der Waals surface area contributed by atoms with Gasteiger partial charge in [0.05, 0.1) is 29.7 Å². The van der Waals surface area contributed by atoms with E-state index in [-0.39, 0.29) is 35.5 Å². The molecule has 2 fully saturated rings. The van der Waals surface area contributed by atoms with Crippen LogP contribution in [-0.4, -0.2) is 23.0 Å². The highest BCUT2D eigenvalue weighted by molar-refractivity contribution is 6.06. The number of allylic oxidation sites excluding steroid dienone is 2. The Morgan fingerprint density at radius 2 is 1.65 bits per heavy atom. The van der Waals surface area contributed by atoms with Crippen LogP contribution >= 0.6 is 0 Å². The number of hydrazone groups is 1. The number of imide groups is 1. The topological polar surface area (TPSA) is 82.8 Å². The maximum absolute atomic E-state index is 12.8. The van der Waals surface area contributed by atoms with Crippen molar-refractivity contribution in [2.45, 2.75) is 19.4 Å². The van der Waals surface area contributed by atoms with Crippen LogP contribution in [0.15, 0.2) is 65.8 Å². The van der Waals surface area contributed by atoms with E-state index in [1.165, 1.54) is 6.21 Å². The van der Waals surface area contributed by atoms with Crippen molar-refractivity contribution in [3.63, 3.8) is 0 Å². The fraction of sp³-hybridized carbons (Fsp3) is 0.280. The average molecular weight is 411 g/mol. The van der Waals surface area contributed by atoms with Crippen molar-refractivity contribution >= 4 is 18.0 Å². The van der Waals surface area contributed by atoms with Crippen LogP contribution in [-0.2, 0) is 16.2 Å². The van der Waals surface area contributed by atoms with Crippen LogP contribution < -0.4 is 4.74 Å². The fourth-order valence-corrected chi connectivity index (χ4v) is 4.86. The van der Waals surface area contributed by atoms with Gasteiger partial charge < -0.3 is 4.74 Å². The Morgan fingerprint density at radius 3 is 2.26 bits per heavy atom. The Bertz CT molecular complexity index is 1100. The number of nitrogens with zero attached hydrogens (tertiary/aromatic N) is 3. The molecule has 6 nitrogen and oxygen atoms in total. The third-order valence-corrected chi connectivity index (χ3v) is 6.47. The van der Waals surface area contributed by atoms with E-state index < -0.39 is 0 Å². The Hall–Kier alpha value is -3.72. The smallest absolute Gasteiger partial charge is 0.254 e. The fourth-order valence-electron chi connectivity index (χ4n) is 4.86. The lowest BCUT2D eigenvalue weighted by atomic mass is 9.63. The van der Waals surface area contributed by atoms with Crippen molar-refractivity contribution < 1.29 is 14.3 Å². The molecule has 0 radical (unpaired) electrons. The van der Waals surface area contributed by atoms with Gasteiger partial charge in [-0.25, -0.2) is 0 Å². The monoisotopic (exact) mass is 411 g/mol. The van der Waals surface area contributed by atoms with Gasteiger partial charge in [-0.1, -0.05) is 30.4 Å². The summed E-state index contributed by atoms with van der Waals surface area (Å²) in [5.41, 5.74) is 2.18. The highest BCUT2D eigenvalue weighted by atomic mass is 16.5. The van der Waals surface area contributed by atoms with Gasteiger partial charge in [-0.05, 0) is 60.6 Å². The summed E-state index contributed by atoms with van der Waals surface area (Å²) in [6, 6.07) is 16.7. The molecule has 0 aromatic heterocycles. The molecule has 6 heteroatoms. The first-order valence-corrected chi connectivity index (χ1v) is 10.5. The third kappa shape index (κ3) is 3.42. The van der Waals surface area contributed by atoms with Gasteiger partial charge in [0, 0.05) is 5.56 Å². The quantitative estimate of drug-likeness (QED) is 0.427. The molecule has 0 spiro atoms. The summed E-state index contributed by atoms with van der Waals surface area (Å²) in [5, 5.41) is 14.5. The van der Waals surface area contributed by atoms with Crippen LogP contribution in [0.1, 0.15) is 29.5 Å². The summed E-state index contributed by atoms with van der Waals surface area (Å²) in [7, 11) is 0. The van der Waals surface area contributed by atoms with Crippen molar-refractivity contribution in [3.8, 4) is 11.8 Å². The van der Waals surface area contributed by atoms with Crippen LogP contribution in [0, 0.1) is 35.0 Å². The third-order valence-electron chi connectivity index (χ3n) is 6.47. The summed E-state index contributed by atoms with van der Waals surface area (Å²) < 4.78 is 5.78. The molecule has 1 heterocycles. The van der Waals surface area contributed by atoms with Crippen LogP contribution in [0.5, 0.6) is 5.75 Å². The molecule has 2 amide bonds. The van der Waals surface area contributed by atoms with E-state index in [1.54, 1.807) is 18.2 Å². The number of benzene rings is 2. The molecule has 2 aromatic rings. The van der Waals surface area contributed by atoms with Crippen LogP contribution in [0.25, 0.3) is 0 Å². The first kappa shape index (κ1) is 19.3. The van der Waals surface area contributed by atoms with Crippen molar-refractivity contribution in [2.75, 3.05) is 0 Å². The molecule has 0 N–H and O–H groups in total. The molecule has 1 saturated carbocycles. The first-order chi connectivity index (χ1) is 15.2. The Labute approximate surface area is 180 Å². The summed E-state index contributed by atoms with van der Waals surface area (Å²) in [4.78, 5) is 25.6. The Kier molecular flexibility index (Phi) is 4.87. The number of hydrogen-bond donors (Lipinski definition) is 0. The second-order valence-corrected chi connectivity index (χ2v) is 8.20. The van der Waals surface area contributed by atoms with Crippen molar-refractivity contribution in [3.05, 3.63) is 77.4 Å². The van der Waals surface area contributed by atoms with Gasteiger partial charge in [-0.3, -0.25) is 9.59 Å². The second-order valence-electron chi connectivity index (χ2n) is 8.20. The minimum Gasteiger partial charge on any atom is -0.489 e. The predicted octanol–water partition coefficient (Wildman–Crippen LogP) is 3.67. The first-order valence-electron chi connectivity index (χ1n) is 10.5. The van der Waals surface area contributed by atoms with Crippen molar-refractivity contribution in [1.29, 1.82) is 5.26 Å². The molecule has 4 atom stereocenters. The molecule has 2 aromatic carbocycles. The zero-order chi connectivity index (χ0) is 21.4. The summed E-state index contributed by atoms with van der Waals surface area (Å²) >= 11 is 0. The van der Waals surface area contributed by atoms with Crippen molar-refractivity contribution in [1.82, 2.24) is 5.01 Å². The number of fused-ring (bicyclic) bond motifs is 1. The highest BCUT2D eigenvalue weighted by Crippen LogP contribution is 2.49. The van der Waals surface area contributed by atoms with E-state index in [0.717, 1.165) is 29.0 Å². The molecular weight excluding hydrogens is 390 g/mol. The number of ether oxygens (including phenoxy) is 1. The van der Waals surface area contributed by atoms with Gasteiger partial charge in [0.2, 0.25) is 0 Å². The predicted molar refractivity (Wildman–Crippen MR) is 114 cm³/mol. The van der Waals surface area contributed by atoms with Gasteiger partial charge in [-0.2, -0.15) is 15.4 Å². The molecule has 1 saturated heterocycles. The van der Waals surface area contributed by atoms with Gasteiger partial charge in [0.1, 0.15) is 12.4 Å². The number of carbonyl (C=O) groups excluding carboxylic acids is 2. The van der Waals surface area contributed by atoms with Crippen molar-refractivity contribution in [2.24, 2.45) is 28.8 Å². The van der Waals surface area contributed by atoms with E-state index in [4.69, 9.17) is 10.00 Å². The number of rotatable bonds is 5. The largest absolute Gasteiger partial charge is 0.489 e. The lowest BCUT2D eigenvalue weighted by Crippen LogP contribution is -2.38. The van der Waals surface area contributed by atoms with Gasteiger partial charge >= 0.3 is 0 Å². The highest BCUT2D eigenvalue weighted by Gasteiger charge is 2.56. The second kappa shape index (κ2) is 7.84. The standard InChI is InChI=1S/C25H21N3O3/c26-13-19-3-1-2-4-20(19)15-31-21-11-5-16(6-12-21)14-27-28-24(29)22-17-7-8-18(10-9-17)23(22)25(28)30/h1-8,11-12,14,17-18,22-23H,9-10,15H2/b27-14-/t17-,18-,22-,23+/m1/s1. The van der Waals surface area contributed by atoms with E-state index in [1.807, 2.05) is 30.3 Å². The molecule has 6 rings (SSSR count). The average Bonchev–Trinajstić information content (AvgIpc) is 3.09. The molecule has 1 aliphatic heterocycles. The zero-order valence-electron chi connectivity index (χ0n) is 16.8. The molecular formula is C25H21N3O3. The normalized spacial score (nSPS) is 26.4. The summed E-state index contributed by atoms with van der Waals surface area (Å²) in [6.07, 6.45) is 7.68. The lowest BCUT2D eigenvalue weighted by molar-refractivity contribution is -0.140. The number of carbonyl (C=O) groups is 2. The van der Waals surface area contributed by atoms with Crippen LogP contribution in [0.3, 0.4) is 0 Å². The van der Waals surface area contributed by atoms with Crippen LogP contribution in [0.4, 0.5) is 0 Å². The number of amides is 2. The van der Waals surface area contributed by atoms with E-state index in [2.05, 4.69) is 23.3 Å². The van der Waals surface area contributed by atoms with E-state index in [9.17, 15) is 9.59 Å². The number of nitriles is 1. The minimum absolute atomic E-state index is 0.161. The van der Waals surface area contributed by atoms with E-state index >= 15 is 0 Å². The SMILES string of the molecule is N#Cc1ccccc1COc1ccc(/C=N\N2C(=O)[C@@H]3[C@H](C2=O)[C@@H]2C=C[C@@H]3CC2)cc1. The minimum atomic E-state index is -0.250. The van der Waals surface area contributed by atoms with Crippen LogP contribution in [0.2, 0.25) is 0 Å². The molecule has 0 unspecified atom stereocenters. The molecule has 31 heavy (non-hydrogen) atoms. The Morgan fingerprint density at radius 1 is 1.00 bits per heavy atom. The maximum Gasteiger partial charge on any atom is 0.254 e. The summed E-state index contributed by atoms with van der Waals surface area (Å²) in [6.45, 7) is 0.299. The lowest BCUT2D eigenvalue weighted by Gasteiger charge is -2.37. The van der Waals surface area contributed by atoms with Gasteiger partial charge in [-0.15, -0.1) is 0 Å². The zero-order valence-corrected chi connectivity index (χ0v) is 16.8. The molecule has 3 aliphatic carbocycles. The molecule has 154 valence electrons. The Balaban J connectivity index is 1.24. The van der Waals surface area contributed by atoms with E-state index in [0.29, 0.717) is 17.9 Å². The number of hydrogen-bond acceptors (Lipinski definition) is 5. The maximum atomic E-state index is 12.8. The summed E-state index contributed by atoms with van der Waals surface area (Å²) in [5.74, 6) is 0.124. The van der Waals surface area contributed by atoms with Gasteiger partial charge in [0.25, 0.3) is 11.8 Å². The molecule has 2 bridgehead atoms. The molecule has 4 aliphatic rings.